The second-order valence-electron chi connectivity index (χ2n) is 6.26. The Labute approximate surface area is 129 Å². The van der Waals surface area contributed by atoms with E-state index in [0.29, 0.717) is 11.4 Å². The zero-order valence-corrected chi connectivity index (χ0v) is 14.7. The first-order chi connectivity index (χ1) is 9.80. The maximum absolute atomic E-state index is 13.2. The van der Waals surface area contributed by atoms with Crippen molar-refractivity contribution in [2.24, 2.45) is 0 Å². The summed E-state index contributed by atoms with van der Waals surface area (Å²) in [6.45, 7) is 10.6. The minimum absolute atomic E-state index is 0.156. The molecule has 1 aromatic rings. The molecule has 3 nitrogen and oxygen atoms in total. The SMILES string of the molecule is CC[C@@H]1CCCCN1S(=O)(=O)c1c(C)c(C)cc(C)c1C. The van der Waals surface area contributed by atoms with E-state index in [9.17, 15) is 8.42 Å². The normalized spacial score (nSPS) is 20.7. The highest BCUT2D eigenvalue weighted by molar-refractivity contribution is 7.89. The molecular weight excluding hydrogens is 282 g/mol. The van der Waals surface area contributed by atoms with E-state index in [0.717, 1.165) is 47.9 Å². The van der Waals surface area contributed by atoms with Crippen LogP contribution in [-0.4, -0.2) is 25.3 Å². The van der Waals surface area contributed by atoms with Crippen molar-refractivity contribution in [1.29, 1.82) is 0 Å². The van der Waals surface area contributed by atoms with E-state index < -0.39 is 10.0 Å². The maximum atomic E-state index is 13.2. The number of piperidine rings is 1. The Morgan fingerprint density at radius 2 is 1.67 bits per heavy atom. The van der Waals surface area contributed by atoms with Crippen LogP contribution in [0, 0.1) is 27.7 Å². The van der Waals surface area contributed by atoms with Gasteiger partial charge >= 0.3 is 0 Å². The molecule has 4 heteroatoms. The van der Waals surface area contributed by atoms with Crippen molar-refractivity contribution in [3.05, 3.63) is 28.3 Å². The van der Waals surface area contributed by atoms with Gasteiger partial charge in [-0.15, -0.1) is 0 Å². The first-order valence-corrected chi connectivity index (χ1v) is 9.34. The fourth-order valence-corrected chi connectivity index (χ4v) is 5.73. The fraction of sp³-hybridized carbons (Fsp3) is 0.647. The summed E-state index contributed by atoms with van der Waals surface area (Å²) in [5.41, 5.74) is 3.92. The van der Waals surface area contributed by atoms with E-state index in [-0.39, 0.29) is 6.04 Å². The zero-order chi connectivity index (χ0) is 15.8. The summed E-state index contributed by atoms with van der Waals surface area (Å²) in [5, 5.41) is 0. The van der Waals surface area contributed by atoms with E-state index in [1.807, 2.05) is 27.7 Å². The number of nitrogens with zero attached hydrogens (tertiary/aromatic N) is 1. The van der Waals surface area contributed by atoms with Crippen molar-refractivity contribution in [1.82, 2.24) is 4.31 Å². The second-order valence-corrected chi connectivity index (χ2v) is 8.09. The zero-order valence-electron chi connectivity index (χ0n) is 13.9. The summed E-state index contributed by atoms with van der Waals surface area (Å²) in [6.07, 6.45) is 3.98. The third-order valence-electron chi connectivity index (χ3n) is 4.91. The average molecular weight is 309 g/mol. The van der Waals surface area contributed by atoms with Gasteiger partial charge in [-0.05, 0) is 69.2 Å². The molecule has 1 heterocycles. The van der Waals surface area contributed by atoms with Gasteiger partial charge in [0.2, 0.25) is 10.0 Å². The van der Waals surface area contributed by atoms with Crippen molar-refractivity contribution in [3.63, 3.8) is 0 Å². The topological polar surface area (TPSA) is 37.4 Å². The first kappa shape index (κ1) is 16.5. The highest BCUT2D eigenvalue weighted by Crippen LogP contribution is 2.32. The molecule has 0 unspecified atom stereocenters. The van der Waals surface area contributed by atoms with Crippen molar-refractivity contribution >= 4 is 10.0 Å². The van der Waals surface area contributed by atoms with Crippen LogP contribution in [0.15, 0.2) is 11.0 Å². The number of rotatable bonds is 3. The van der Waals surface area contributed by atoms with Crippen LogP contribution >= 0.6 is 0 Å². The Balaban J connectivity index is 2.59. The van der Waals surface area contributed by atoms with Gasteiger partial charge in [0.25, 0.3) is 0 Å². The summed E-state index contributed by atoms with van der Waals surface area (Å²) < 4.78 is 28.2. The van der Waals surface area contributed by atoms with Crippen LogP contribution in [0.2, 0.25) is 0 Å². The van der Waals surface area contributed by atoms with Gasteiger partial charge < -0.3 is 0 Å². The van der Waals surface area contributed by atoms with Crippen molar-refractivity contribution < 1.29 is 8.42 Å². The van der Waals surface area contributed by atoms with Crippen LogP contribution < -0.4 is 0 Å². The molecule has 1 saturated heterocycles. The summed E-state index contributed by atoms with van der Waals surface area (Å²) >= 11 is 0. The monoisotopic (exact) mass is 309 g/mol. The van der Waals surface area contributed by atoms with Crippen LogP contribution in [0.5, 0.6) is 0 Å². The third-order valence-corrected chi connectivity index (χ3v) is 7.13. The molecule has 0 bridgehead atoms. The quantitative estimate of drug-likeness (QED) is 0.850. The molecule has 0 saturated carbocycles. The molecule has 0 amide bonds. The van der Waals surface area contributed by atoms with Gasteiger partial charge in [0.15, 0.2) is 0 Å². The summed E-state index contributed by atoms with van der Waals surface area (Å²) in [5.74, 6) is 0. The smallest absolute Gasteiger partial charge is 0.207 e. The molecule has 1 aromatic carbocycles. The number of sulfonamides is 1. The highest BCUT2D eigenvalue weighted by atomic mass is 32.2. The van der Waals surface area contributed by atoms with Crippen LogP contribution in [0.25, 0.3) is 0 Å². The van der Waals surface area contributed by atoms with E-state index >= 15 is 0 Å². The minimum Gasteiger partial charge on any atom is -0.207 e. The highest BCUT2D eigenvalue weighted by Gasteiger charge is 2.34. The van der Waals surface area contributed by atoms with Crippen LogP contribution in [0.4, 0.5) is 0 Å². The molecule has 21 heavy (non-hydrogen) atoms. The fourth-order valence-electron chi connectivity index (χ4n) is 3.38. The number of benzene rings is 1. The van der Waals surface area contributed by atoms with Gasteiger partial charge in [-0.3, -0.25) is 0 Å². The molecule has 118 valence electrons. The van der Waals surface area contributed by atoms with Crippen LogP contribution in [0.3, 0.4) is 0 Å². The molecule has 0 aliphatic carbocycles. The standard InChI is InChI=1S/C17H27NO2S/c1-6-16-9-7-8-10-18(16)21(19,20)17-14(4)12(2)11-13(3)15(17)5/h11,16H,6-10H2,1-5H3/t16-/m1/s1. The van der Waals surface area contributed by atoms with Gasteiger partial charge in [0, 0.05) is 12.6 Å². The van der Waals surface area contributed by atoms with E-state index in [1.54, 1.807) is 4.31 Å². The van der Waals surface area contributed by atoms with Crippen LogP contribution in [-0.2, 0) is 10.0 Å². The number of aryl methyl sites for hydroxylation is 2. The summed E-state index contributed by atoms with van der Waals surface area (Å²) in [7, 11) is -3.40. The van der Waals surface area contributed by atoms with E-state index in [4.69, 9.17) is 0 Å². The third kappa shape index (κ3) is 2.88. The first-order valence-electron chi connectivity index (χ1n) is 7.90. The minimum atomic E-state index is -3.40. The average Bonchev–Trinajstić information content (AvgIpc) is 2.45. The predicted octanol–water partition coefficient (Wildman–Crippen LogP) is 3.87. The Bertz CT molecular complexity index is 608. The second kappa shape index (κ2) is 6.09. The van der Waals surface area contributed by atoms with Gasteiger partial charge in [0.1, 0.15) is 0 Å². The van der Waals surface area contributed by atoms with E-state index in [1.165, 1.54) is 0 Å². The molecule has 0 N–H and O–H groups in total. The maximum Gasteiger partial charge on any atom is 0.243 e. The molecular formula is C17H27NO2S. The molecule has 1 aliphatic rings. The lowest BCUT2D eigenvalue weighted by Crippen LogP contribution is -2.43. The molecule has 2 rings (SSSR count). The molecule has 0 radical (unpaired) electrons. The lowest BCUT2D eigenvalue weighted by atomic mass is 10.0. The molecule has 0 spiro atoms. The van der Waals surface area contributed by atoms with Gasteiger partial charge in [-0.2, -0.15) is 4.31 Å². The Kier molecular flexibility index (Phi) is 4.79. The summed E-state index contributed by atoms with van der Waals surface area (Å²) in [6, 6.07) is 2.24. The lowest BCUT2D eigenvalue weighted by molar-refractivity contribution is 0.246. The Morgan fingerprint density at radius 1 is 1.10 bits per heavy atom. The summed E-state index contributed by atoms with van der Waals surface area (Å²) in [4.78, 5) is 0.542. The number of hydrogen-bond donors (Lipinski definition) is 0. The molecule has 0 aromatic heterocycles. The van der Waals surface area contributed by atoms with Gasteiger partial charge in [-0.25, -0.2) is 8.42 Å². The largest absolute Gasteiger partial charge is 0.243 e. The predicted molar refractivity (Wildman–Crippen MR) is 87.2 cm³/mol. The van der Waals surface area contributed by atoms with E-state index in [2.05, 4.69) is 13.0 Å². The van der Waals surface area contributed by atoms with Gasteiger partial charge in [0.05, 0.1) is 4.90 Å². The van der Waals surface area contributed by atoms with Crippen molar-refractivity contribution in [3.8, 4) is 0 Å². The van der Waals surface area contributed by atoms with Crippen LogP contribution in [0.1, 0.15) is 54.9 Å². The molecule has 1 fully saturated rings. The molecule has 1 atom stereocenters. The van der Waals surface area contributed by atoms with Gasteiger partial charge in [-0.1, -0.05) is 19.4 Å². The van der Waals surface area contributed by atoms with Crippen molar-refractivity contribution in [2.45, 2.75) is 71.2 Å². The van der Waals surface area contributed by atoms with Crippen molar-refractivity contribution in [2.75, 3.05) is 6.54 Å². The Hall–Kier alpha value is -0.870. The molecule has 1 aliphatic heterocycles. The number of hydrogen-bond acceptors (Lipinski definition) is 2. The Morgan fingerprint density at radius 3 is 2.19 bits per heavy atom. The lowest BCUT2D eigenvalue weighted by Gasteiger charge is -2.35.